The van der Waals surface area contributed by atoms with Gasteiger partial charge in [-0.25, -0.2) is 0 Å². The summed E-state index contributed by atoms with van der Waals surface area (Å²) in [5, 5.41) is 0. The van der Waals surface area contributed by atoms with E-state index in [1.807, 2.05) is 12.1 Å². The molecule has 0 amide bonds. The van der Waals surface area contributed by atoms with Crippen LogP contribution in [0.15, 0.2) is 47.7 Å². The molecule has 0 spiro atoms. The summed E-state index contributed by atoms with van der Waals surface area (Å²) in [6.07, 6.45) is 6.78. The number of fused-ring (bicyclic) bond motifs is 1. The molecule has 1 aromatic carbocycles. The third-order valence-corrected chi connectivity index (χ3v) is 4.47. The lowest BCUT2D eigenvalue weighted by atomic mass is 9.93. The molecular weight excluding hydrogens is 290 g/mol. The Hall–Kier alpha value is -1.78. The maximum Gasteiger partial charge on any atom is 0.120 e. The normalized spacial score (nSPS) is 27.2. The van der Waals surface area contributed by atoms with Crippen molar-refractivity contribution in [3.63, 3.8) is 0 Å². The summed E-state index contributed by atoms with van der Waals surface area (Å²) in [7, 11) is 3.48. The van der Waals surface area contributed by atoms with Crippen LogP contribution in [0.25, 0.3) is 0 Å². The van der Waals surface area contributed by atoms with Crippen LogP contribution >= 0.6 is 0 Å². The van der Waals surface area contributed by atoms with E-state index in [-0.39, 0.29) is 12.2 Å². The second-order valence-corrected chi connectivity index (χ2v) is 6.01. The Balaban J connectivity index is 1.98. The molecule has 4 heteroatoms. The van der Waals surface area contributed by atoms with E-state index >= 15 is 0 Å². The van der Waals surface area contributed by atoms with Gasteiger partial charge in [0.25, 0.3) is 0 Å². The van der Waals surface area contributed by atoms with Gasteiger partial charge in [-0.15, -0.1) is 0 Å². The molecule has 1 aromatic rings. The van der Waals surface area contributed by atoms with Crippen molar-refractivity contribution in [2.75, 3.05) is 32.3 Å². The minimum Gasteiger partial charge on any atom is -0.497 e. The summed E-state index contributed by atoms with van der Waals surface area (Å²) in [6.45, 7) is 3.63. The monoisotopic (exact) mass is 315 g/mol. The molecule has 1 heterocycles. The molecule has 0 saturated heterocycles. The Labute approximate surface area is 138 Å². The molecule has 0 aromatic heterocycles. The molecule has 0 bridgehead atoms. The van der Waals surface area contributed by atoms with Crippen molar-refractivity contribution in [1.29, 1.82) is 0 Å². The van der Waals surface area contributed by atoms with Crippen LogP contribution in [0.1, 0.15) is 19.8 Å². The molecule has 0 fully saturated rings. The molecular formula is C19H25NO3. The number of hydrogen-bond donors (Lipinski definition) is 0. The average Bonchev–Trinajstić information content (AvgIpc) is 2.57. The predicted octanol–water partition coefficient (Wildman–Crippen LogP) is 3.54. The fourth-order valence-electron chi connectivity index (χ4n) is 3.25. The molecule has 1 aliphatic heterocycles. The van der Waals surface area contributed by atoms with Crippen molar-refractivity contribution in [1.82, 2.24) is 0 Å². The standard InChI is InChI=1S/C19H25NO3/c1-14-11-15-12-18(22-3)7-8-19(15)20(9-10-23-14)16-5-4-6-17(13-16)21-2/h4-6,8,11,13-14,18H,7,9-10,12H2,1-3H3/b15-11-. The van der Waals surface area contributed by atoms with E-state index in [9.17, 15) is 0 Å². The first-order chi connectivity index (χ1) is 11.2. The molecule has 2 unspecified atom stereocenters. The zero-order valence-electron chi connectivity index (χ0n) is 14.1. The van der Waals surface area contributed by atoms with Crippen LogP contribution < -0.4 is 9.64 Å². The topological polar surface area (TPSA) is 30.9 Å². The highest BCUT2D eigenvalue weighted by molar-refractivity contribution is 5.60. The summed E-state index contributed by atoms with van der Waals surface area (Å²) < 4.78 is 16.8. The van der Waals surface area contributed by atoms with E-state index in [2.05, 4.69) is 36.1 Å². The van der Waals surface area contributed by atoms with Crippen molar-refractivity contribution < 1.29 is 14.2 Å². The molecule has 2 aliphatic rings. The first-order valence-electron chi connectivity index (χ1n) is 8.18. The van der Waals surface area contributed by atoms with E-state index in [1.54, 1.807) is 14.2 Å². The maximum atomic E-state index is 5.89. The Morgan fingerprint density at radius 3 is 2.91 bits per heavy atom. The van der Waals surface area contributed by atoms with Crippen molar-refractivity contribution in [2.24, 2.45) is 0 Å². The summed E-state index contributed by atoms with van der Waals surface area (Å²) >= 11 is 0. The summed E-state index contributed by atoms with van der Waals surface area (Å²) in [6, 6.07) is 8.19. The number of methoxy groups -OCH3 is 2. The Kier molecular flexibility index (Phi) is 5.03. The second-order valence-electron chi connectivity index (χ2n) is 6.01. The van der Waals surface area contributed by atoms with Gasteiger partial charge in [0.1, 0.15) is 5.75 Å². The fraction of sp³-hybridized carbons (Fsp3) is 0.474. The third-order valence-electron chi connectivity index (χ3n) is 4.47. The predicted molar refractivity (Wildman–Crippen MR) is 92.0 cm³/mol. The second kappa shape index (κ2) is 7.20. The molecule has 0 saturated carbocycles. The van der Waals surface area contributed by atoms with Gasteiger partial charge in [0, 0.05) is 37.5 Å². The van der Waals surface area contributed by atoms with Gasteiger partial charge in [0.15, 0.2) is 0 Å². The summed E-state index contributed by atoms with van der Waals surface area (Å²) in [4.78, 5) is 2.33. The highest BCUT2D eigenvalue weighted by atomic mass is 16.5. The largest absolute Gasteiger partial charge is 0.497 e. The lowest BCUT2D eigenvalue weighted by Crippen LogP contribution is -2.34. The quantitative estimate of drug-likeness (QED) is 0.854. The van der Waals surface area contributed by atoms with E-state index in [0.717, 1.165) is 30.8 Å². The highest BCUT2D eigenvalue weighted by Crippen LogP contribution is 2.34. The van der Waals surface area contributed by atoms with Gasteiger partial charge in [-0.2, -0.15) is 0 Å². The molecule has 4 nitrogen and oxygen atoms in total. The van der Waals surface area contributed by atoms with Gasteiger partial charge in [0.05, 0.1) is 25.9 Å². The number of nitrogens with zero attached hydrogens (tertiary/aromatic N) is 1. The van der Waals surface area contributed by atoms with Crippen molar-refractivity contribution >= 4 is 5.69 Å². The smallest absolute Gasteiger partial charge is 0.120 e. The van der Waals surface area contributed by atoms with Gasteiger partial charge in [0.2, 0.25) is 0 Å². The fourth-order valence-corrected chi connectivity index (χ4v) is 3.25. The minimum absolute atomic E-state index is 0.136. The van der Waals surface area contributed by atoms with Crippen LogP contribution in [-0.2, 0) is 9.47 Å². The van der Waals surface area contributed by atoms with Gasteiger partial charge in [-0.1, -0.05) is 18.2 Å². The van der Waals surface area contributed by atoms with E-state index in [1.165, 1.54) is 11.3 Å². The van der Waals surface area contributed by atoms with Crippen LogP contribution in [0.4, 0.5) is 5.69 Å². The minimum atomic E-state index is 0.136. The van der Waals surface area contributed by atoms with Gasteiger partial charge in [-0.05, 0) is 31.1 Å². The van der Waals surface area contributed by atoms with E-state index < -0.39 is 0 Å². The molecule has 0 N–H and O–H groups in total. The summed E-state index contributed by atoms with van der Waals surface area (Å²) in [5.74, 6) is 0.871. The van der Waals surface area contributed by atoms with Crippen molar-refractivity contribution in [3.8, 4) is 5.75 Å². The molecule has 23 heavy (non-hydrogen) atoms. The van der Waals surface area contributed by atoms with Crippen molar-refractivity contribution in [3.05, 3.63) is 47.7 Å². The zero-order chi connectivity index (χ0) is 16.2. The highest BCUT2D eigenvalue weighted by Gasteiger charge is 2.25. The van der Waals surface area contributed by atoms with E-state index in [0.29, 0.717) is 6.61 Å². The lowest BCUT2D eigenvalue weighted by Gasteiger charge is -2.35. The molecule has 3 rings (SSSR count). The van der Waals surface area contributed by atoms with Crippen LogP contribution in [0.5, 0.6) is 5.75 Å². The Morgan fingerprint density at radius 1 is 1.26 bits per heavy atom. The average molecular weight is 315 g/mol. The van der Waals surface area contributed by atoms with Crippen LogP contribution in [0, 0.1) is 0 Å². The van der Waals surface area contributed by atoms with Crippen LogP contribution in [0.2, 0.25) is 0 Å². The lowest BCUT2D eigenvalue weighted by molar-refractivity contribution is 0.0923. The SMILES string of the molecule is COc1cccc(N2CCOC(C)/C=C3/CC(OC)CC=C32)c1. The molecule has 124 valence electrons. The molecule has 1 aliphatic carbocycles. The Bertz CT molecular complexity index is 608. The number of hydrogen-bond acceptors (Lipinski definition) is 4. The summed E-state index contributed by atoms with van der Waals surface area (Å²) in [5.41, 5.74) is 3.72. The molecule has 0 radical (unpaired) electrons. The first-order valence-corrected chi connectivity index (χ1v) is 8.18. The number of anilines is 1. The van der Waals surface area contributed by atoms with E-state index in [4.69, 9.17) is 14.2 Å². The number of rotatable bonds is 3. The van der Waals surface area contributed by atoms with Crippen LogP contribution in [-0.4, -0.2) is 39.6 Å². The van der Waals surface area contributed by atoms with Gasteiger partial charge in [-0.3, -0.25) is 0 Å². The first kappa shape index (κ1) is 16.1. The number of allylic oxidation sites excluding steroid dienone is 1. The number of ether oxygens (including phenoxy) is 3. The van der Waals surface area contributed by atoms with Crippen molar-refractivity contribution in [2.45, 2.75) is 32.0 Å². The van der Waals surface area contributed by atoms with Crippen LogP contribution in [0.3, 0.4) is 0 Å². The van der Waals surface area contributed by atoms with Gasteiger partial charge >= 0.3 is 0 Å². The maximum absolute atomic E-state index is 5.89. The van der Waals surface area contributed by atoms with Gasteiger partial charge < -0.3 is 19.1 Å². The zero-order valence-corrected chi connectivity index (χ0v) is 14.1. The Morgan fingerprint density at radius 2 is 2.13 bits per heavy atom. The molecule has 2 atom stereocenters. The number of benzene rings is 1. The third kappa shape index (κ3) is 3.59.